The van der Waals surface area contributed by atoms with Gasteiger partial charge in [-0.25, -0.2) is 0 Å². The van der Waals surface area contributed by atoms with Gasteiger partial charge in [-0.05, 0) is 48.4 Å². The lowest BCUT2D eigenvalue weighted by atomic mass is 10.1. The van der Waals surface area contributed by atoms with Gasteiger partial charge >= 0.3 is 5.97 Å². The van der Waals surface area contributed by atoms with Gasteiger partial charge in [0.1, 0.15) is 23.9 Å². The molecule has 1 heterocycles. The average Bonchev–Trinajstić information content (AvgIpc) is 2.74. The second kappa shape index (κ2) is 9.64. The van der Waals surface area contributed by atoms with Crippen LogP contribution in [0.1, 0.15) is 24.0 Å². The molecule has 7 nitrogen and oxygen atoms in total. The van der Waals surface area contributed by atoms with Gasteiger partial charge in [-0.15, -0.1) is 0 Å². The summed E-state index contributed by atoms with van der Waals surface area (Å²) in [6, 6.07) is 12.8. The summed E-state index contributed by atoms with van der Waals surface area (Å²) in [6.07, 6.45) is 2.35. The van der Waals surface area contributed by atoms with Crippen LogP contribution in [0.3, 0.4) is 0 Å². The van der Waals surface area contributed by atoms with Gasteiger partial charge < -0.3 is 24.6 Å². The van der Waals surface area contributed by atoms with Gasteiger partial charge in [0.05, 0.1) is 19.3 Å². The zero-order valence-corrected chi connectivity index (χ0v) is 16.1. The van der Waals surface area contributed by atoms with Gasteiger partial charge in [0, 0.05) is 18.5 Å². The Morgan fingerprint density at radius 1 is 1.14 bits per heavy atom. The van der Waals surface area contributed by atoms with Gasteiger partial charge in [0.25, 0.3) is 5.91 Å². The minimum Gasteiger partial charge on any atom is -0.497 e. The van der Waals surface area contributed by atoms with Crippen molar-refractivity contribution in [2.75, 3.05) is 20.3 Å². The number of carbonyl (C=O) groups excluding carboxylic acids is 1. The van der Waals surface area contributed by atoms with Crippen LogP contribution >= 0.6 is 0 Å². The zero-order valence-electron chi connectivity index (χ0n) is 16.1. The van der Waals surface area contributed by atoms with Crippen LogP contribution in [0.15, 0.2) is 48.0 Å². The highest BCUT2D eigenvalue weighted by molar-refractivity contribution is 5.99. The molecule has 1 aliphatic heterocycles. The van der Waals surface area contributed by atoms with Gasteiger partial charge in [-0.3, -0.25) is 9.59 Å². The first-order chi connectivity index (χ1) is 14.0. The molecule has 0 aliphatic carbocycles. The fourth-order valence-electron chi connectivity index (χ4n) is 2.83. The van der Waals surface area contributed by atoms with Crippen LogP contribution in [-0.4, -0.2) is 37.3 Å². The van der Waals surface area contributed by atoms with Crippen molar-refractivity contribution in [2.45, 2.75) is 19.4 Å². The van der Waals surface area contributed by atoms with Crippen LogP contribution in [0.5, 0.6) is 17.2 Å². The predicted octanol–water partition coefficient (Wildman–Crippen LogP) is 3.03. The first-order valence-electron chi connectivity index (χ1n) is 9.28. The summed E-state index contributed by atoms with van der Waals surface area (Å²) in [4.78, 5) is 22.9. The molecule has 2 aromatic carbocycles. The molecule has 1 amide bonds. The summed E-state index contributed by atoms with van der Waals surface area (Å²) in [6.45, 7) is 0.942. The van der Waals surface area contributed by atoms with Gasteiger partial charge in [-0.2, -0.15) is 0 Å². The Balaban J connectivity index is 1.51. The molecule has 152 valence electrons. The van der Waals surface area contributed by atoms with Crippen LogP contribution in [0.25, 0.3) is 6.08 Å². The van der Waals surface area contributed by atoms with Crippen LogP contribution in [-0.2, 0) is 16.1 Å². The van der Waals surface area contributed by atoms with Gasteiger partial charge in [-0.1, -0.05) is 12.1 Å². The van der Waals surface area contributed by atoms with E-state index in [0.29, 0.717) is 36.6 Å². The van der Waals surface area contributed by atoms with E-state index in [1.54, 1.807) is 19.2 Å². The Kier molecular flexibility index (Phi) is 6.73. The molecule has 0 unspecified atom stereocenters. The Labute approximate surface area is 168 Å². The third kappa shape index (κ3) is 5.75. The summed E-state index contributed by atoms with van der Waals surface area (Å²) in [7, 11) is 1.59. The molecule has 0 fully saturated rings. The monoisotopic (exact) mass is 397 g/mol. The number of carboxylic acids is 1. The minimum atomic E-state index is -0.833. The molecule has 2 N–H and O–H groups in total. The van der Waals surface area contributed by atoms with Crippen LogP contribution in [0, 0.1) is 0 Å². The molecule has 1 aliphatic rings. The van der Waals surface area contributed by atoms with Crippen molar-refractivity contribution in [1.29, 1.82) is 0 Å². The molecule has 0 spiro atoms. The average molecular weight is 397 g/mol. The smallest absolute Gasteiger partial charge is 0.303 e. The number of carboxylic acid groups (broad SMARTS) is 1. The summed E-state index contributed by atoms with van der Waals surface area (Å²) >= 11 is 0. The first kappa shape index (κ1) is 20.3. The quantitative estimate of drug-likeness (QED) is 0.632. The Bertz CT molecular complexity index is 904. The SMILES string of the molecule is COc1ccc2c(c1)C=C(C(=O)NCc1ccc(OCCCC(=O)O)cc1)CO2. The largest absolute Gasteiger partial charge is 0.497 e. The van der Waals surface area contributed by atoms with Crippen LogP contribution < -0.4 is 19.5 Å². The lowest BCUT2D eigenvalue weighted by Crippen LogP contribution is -2.28. The molecule has 0 radical (unpaired) electrons. The van der Waals surface area contributed by atoms with E-state index in [2.05, 4.69) is 5.32 Å². The van der Waals surface area contributed by atoms with E-state index >= 15 is 0 Å². The molecule has 29 heavy (non-hydrogen) atoms. The second-order valence-electron chi connectivity index (χ2n) is 6.53. The number of nitrogens with one attached hydrogen (secondary N) is 1. The van der Waals surface area contributed by atoms with E-state index in [1.165, 1.54) is 0 Å². The second-order valence-corrected chi connectivity index (χ2v) is 6.53. The van der Waals surface area contributed by atoms with Crippen LogP contribution in [0.4, 0.5) is 0 Å². The molecular weight excluding hydrogens is 374 g/mol. The van der Waals surface area contributed by atoms with Crippen molar-refractivity contribution in [3.63, 3.8) is 0 Å². The van der Waals surface area contributed by atoms with Crippen molar-refractivity contribution < 1.29 is 28.9 Å². The van der Waals surface area contributed by atoms with Crippen molar-refractivity contribution in [1.82, 2.24) is 5.32 Å². The molecule has 0 saturated carbocycles. The Morgan fingerprint density at radius 2 is 1.90 bits per heavy atom. The summed E-state index contributed by atoms with van der Waals surface area (Å²) in [5.74, 6) is 1.07. The third-order valence-corrected chi connectivity index (χ3v) is 4.40. The number of methoxy groups -OCH3 is 1. The Hall–Kier alpha value is -3.48. The molecule has 0 aromatic heterocycles. The molecule has 3 rings (SSSR count). The predicted molar refractivity (Wildman–Crippen MR) is 107 cm³/mol. The molecule has 2 aromatic rings. The summed E-state index contributed by atoms with van der Waals surface area (Å²) in [5.41, 5.74) is 2.28. The first-order valence-corrected chi connectivity index (χ1v) is 9.28. The number of amides is 1. The number of rotatable bonds is 9. The summed E-state index contributed by atoms with van der Waals surface area (Å²) < 4.78 is 16.4. The highest BCUT2D eigenvalue weighted by Crippen LogP contribution is 2.29. The number of benzene rings is 2. The number of aliphatic carboxylic acids is 1. The fourth-order valence-corrected chi connectivity index (χ4v) is 2.83. The maximum Gasteiger partial charge on any atom is 0.303 e. The number of hydrogen-bond acceptors (Lipinski definition) is 5. The van der Waals surface area contributed by atoms with E-state index in [4.69, 9.17) is 19.3 Å². The molecule has 0 saturated heterocycles. The maximum atomic E-state index is 12.5. The number of ether oxygens (including phenoxy) is 3. The van der Waals surface area contributed by atoms with Crippen molar-refractivity contribution in [3.05, 3.63) is 59.2 Å². The van der Waals surface area contributed by atoms with E-state index in [1.807, 2.05) is 36.4 Å². The van der Waals surface area contributed by atoms with Crippen molar-refractivity contribution in [2.24, 2.45) is 0 Å². The molecule has 0 atom stereocenters. The highest BCUT2D eigenvalue weighted by atomic mass is 16.5. The third-order valence-electron chi connectivity index (χ3n) is 4.40. The van der Waals surface area contributed by atoms with Crippen LogP contribution in [0.2, 0.25) is 0 Å². The standard InChI is InChI=1S/C22H23NO6/c1-27-19-8-9-20-16(12-19)11-17(14-29-20)22(26)23-13-15-4-6-18(7-5-15)28-10-2-3-21(24)25/h4-9,11-12H,2-3,10,13-14H2,1H3,(H,23,26)(H,24,25). The molecule has 0 bridgehead atoms. The van der Waals surface area contributed by atoms with Gasteiger partial charge in [0.2, 0.25) is 0 Å². The number of carbonyl (C=O) groups is 2. The topological polar surface area (TPSA) is 94.1 Å². The molecule has 7 heteroatoms. The lowest BCUT2D eigenvalue weighted by Gasteiger charge is -2.18. The lowest BCUT2D eigenvalue weighted by molar-refractivity contribution is -0.137. The highest BCUT2D eigenvalue weighted by Gasteiger charge is 2.17. The van der Waals surface area contributed by atoms with E-state index in [-0.39, 0.29) is 18.9 Å². The number of hydrogen-bond donors (Lipinski definition) is 2. The number of fused-ring (bicyclic) bond motifs is 1. The minimum absolute atomic E-state index is 0.0843. The normalized spacial score (nSPS) is 12.2. The maximum absolute atomic E-state index is 12.5. The van der Waals surface area contributed by atoms with E-state index in [0.717, 1.165) is 16.9 Å². The van der Waals surface area contributed by atoms with Crippen molar-refractivity contribution in [3.8, 4) is 17.2 Å². The van der Waals surface area contributed by atoms with E-state index in [9.17, 15) is 9.59 Å². The van der Waals surface area contributed by atoms with Crippen molar-refractivity contribution >= 4 is 18.0 Å². The van der Waals surface area contributed by atoms with E-state index < -0.39 is 5.97 Å². The fraction of sp³-hybridized carbons (Fsp3) is 0.273. The van der Waals surface area contributed by atoms with Gasteiger partial charge in [0.15, 0.2) is 0 Å². The summed E-state index contributed by atoms with van der Waals surface area (Å²) in [5, 5.41) is 11.5. The zero-order chi connectivity index (χ0) is 20.6. The molecular formula is C22H23NO6. The Morgan fingerprint density at radius 3 is 2.62 bits per heavy atom.